The number of carbonyl (C=O) groups is 1. The first kappa shape index (κ1) is 11.8. The Bertz CT molecular complexity index is 533. The molecular weight excluding hydrogens is 216 g/mol. The summed E-state index contributed by atoms with van der Waals surface area (Å²) in [4.78, 5) is 12.1. The van der Waals surface area contributed by atoms with Crippen LogP contribution in [0, 0.1) is 0 Å². The summed E-state index contributed by atoms with van der Waals surface area (Å²) in [5.74, 6) is 0. The normalized spacial score (nSPS) is 13.2. The van der Waals surface area contributed by atoms with Crippen LogP contribution in [0.1, 0.15) is 5.56 Å². The first-order valence-corrected chi connectivity index (χ1v) is 5.50. The number of fused-ring (bicyclic) bond motifs is 1. The second-order valence-electron chi connectivity index (χ2n) is 4.25. The Morgan fingerprint density at radius 1 is 1.47 bits per heavy atom. The molecule has 0 bridgehead atoms. The zero-order valence-corrected chi connectivity index (χ0v) is 10.00. The summed E-state index contributed by atoms with van der Waals surface area (Å²) in [5, 5.41) is 10.6. The summed E-state index contributed by atoms with van der Waals surface area (Å²) < 4.78 is 2.05. The van der Waals surface area contributed by atoms with Crippen LogP contribution in [-0.2, 0) is 18.4 Å². The molecule has 90 valence electrons. The zero-order chi connectivity index (χ0) is 12.4. The van der Waals surface area contributed by atoms with Crippen molar-refractivity contribution in [2.75, 3.05) is 7.05 Å². The van der Waals surface area contributed by atoms with Gasteiger partial charge in [-0.05, 0) is 18.7 Å². The van der Waals surface area contributed by atoms with Gasteiger partial charge in [0, 0.05) is 30.7 Å². The molecule has 2 aromatic rings. The highest BCUT2D eigenvalue weighted by Gasteiger charge is 2.13. The molecule has 4 heteroatoms. The summed E-state index contributed by atoms with van der Waals surface area (Å²) in [6, 6.07) is 8.08. The fourth-order valence-electron chi connectivity index (χ4n) is 2.02. The minimum atomic E-state index is -1.05. The van der Waals surface area contributed by atoms with E-state index in [0.717, 1.165) is 16.5 Å². The lowest BCUT2D eigenvalue weighted by molar-refractivity contribution is -0.123. The van der Waals surface area contributed by atoms with Crippen LogP contribution in [0.4, 0.5) is 0 Å². The number of aromatic nitrogens is 1. The molecule has 1 aromatic heterocycles. The maximum Gasteiger partial charge on any atom is 0.163 e. The highest BCUT2D eigenvalue weighted by Crippen LogP contribution is 2.21. The number of aliphatic hydroxyl groups is 1. The molecule has 2 rings (SSSR count). The SMILES string of the molecule is CN(Cc1cn(C)c2ccccc12)C(O)C=O. The number of aryl methyl sites for hydroxylation is 1. The number of carbonyl (C=O) groups excluding carboxylic acids is 1. The molecule has 1 heterocycles. The van der Waals surface area contributed by atoms with Gasteiger partial charge in [0.2, 0.25) is 0 Å². The molecule has 17 heavy (non-hydrogen) atoms. The van der Waals surface area contributed by atoms with Crippen molar-refractivity contribution in [3.8, 4) is 0 Å². The third-order valence-corrected chi connectivity index (χ3v) is 2.97. The topological polar surface area (TPSA) is 45.5 Å². The monoisotopic (exact) mass is 232 g/mol. The molecule has 1 unspecified atom stereocenters. The van der Waals surface area contributed by atoms with Crippen molar-refractivity contribution in [3.05, 3.63) is 36.0 Å². The van der Waals surface area contributed by atoms with Gasteiger partial charge < -0.3 is 9.67 Å². The summed E-state index contributed by atoms with van der Waals surface area (Å²) in [7, 11) is 3.71. The minimum absolute atomic E-state index is 0.533. The standard InChI is InChI=1S/C13H16N2O2/c1-14-7-10(8-15(2)13(17)9-16)11-5-3-4-6-12(11)14/h3-7,9,13,17H,8H2,1-2H3. The van der Waals surface area contributed by atoms with E-state index < -0.39 is 6.23 Å². The van der Waals surface area contributed by atoms with Crippen molar-refractivity contribution in [3.63, 3.8) is 0 Å². The van der Waals surface area contributed by atoms with E-state index in [-0.39, 0.29) is 0 Å². The van der Waals surface area contributed by atoms with Crippen molar-refractivity contribution in [2.24, 2.45) is 7.05 Å². The molecule has 1 atom stereocenters. The largest absolute Gasteiger partial charge is 0.371 e. The third kappa shape index (κ3) is 2.23. The maximum absolute atomic E-state index is 10.5. The molecule has 0 aliphatic rings. The summed E-state index contributed by atoms with van der Waals surface area (Å²) in [5.41, 5.74) is 2.25. The van der Waals surface area contributed by atoms with E-state index >= 15 is 0 Å². The summed E-state index contributed by atoms with van der Waals surface area (Å²) in [6.45, 7) is 0.543. The van der Waals surface area contributed by atoms with Gasteiger partial charge in [0.1, 0.15) is 0 Å². The molecular formula is C13H16N2O2. The van der Waals surface area contributed by atoms with Gasteiger partial charge in [0.15, 0.2) is 12.5 Å². The van der Waals surface area contributed by atoms with Crippen LogP contribution in [0.5, 0.6) is 0 Å². The molecule has 1 N–H and O–H groups in total. The number of rotatable bonds is 4. The van der Waals surface area contributed by atoms with Gasteiger partial charge in [-0.25, -0.2) is 0 Å². The molecule has 0 fully saturated rings. The van der Waals surface area contributed by atoms with E-state index in [2.05, 4.69) is 6.07 Å². The lowest BCUT2D eigenvalue weighted by atomic mass is 10.1. The van der Waals surface area contributed by atoms with Crippen molar-refractivity contribution in [2.45, 2.75) is 12.8 Å². The maximum atomic E-state index is 10.5. The average molecular weight is 232 g/mol. The first-order chi connectivity index (χ1) is 8.13. The zero-order valence-electron chi connectivity index (χ0n) is 10.00. The highest BCUT2D eigenvalue weighted by molar-refractivity contribution is 5.83. The second-order valence-corrected chi connectivity index (χ2v) is 4.25. The van der Waals surface area contributed by atoms with E-state index in [4.69, 9.17) is 0 Å². The Morgan fingerprint density at radius 3 is 2.88 bits per heavy atom. The molecule has 4 nitrogen and oxygen atoms in total. The average Bonchev–Trinajstić information content (AvgIpc) is 2.66. The van der Waals surface area contributed by atoms with Crippen molar-refractivity contribution >= 4 is 17.2 Å². The van der Waals surface area contributed by atoms with E-state index in [1.165, 1.54) is 0 Å². The number of hydrogen-bond acceptors (Lipinski definition) is 3. The summed E-state index contributed by atoms with van der Waals surface area (Å²) >= 11 is 0. The third-order valence-electron chi connectivity index (χ3n) is 2.97. The Labute approximate surface area is 100 Å². The molecule has 0 aliphatic heterocycles. The number of aliphatic hydroxyl groups excluding tert-OH is 1. The van der Waals surface area contributed by atoms with Crippen LogP contribution in [0.25, 0.3) is 10.9 Å². The Kier molecular flexibility index (Phi) is 3.26. The van der Waals surface area contributed by atoms with Gasteiger partial charge in [-0.2, -0.15) is 0 Å². The fraction of sp³-hybridized carbons (Fsp3) is 0.308. The quantitative estimate of drug-likeness (QED) is 0.635. The van der Waals surface area contributed by atoms with Crippen LogP contribution in [0.2, 0.25) is 0 Å². The Balaban J connectivity index is 2.33. The van der Waals surface area contributed by atoms with Crippen LogP contribution >= 0.6 is 0 Å². The lowest BCUT2D eigenvalue weighted by Crippen LogP contribution is -2.31. The molecule has 0 radical (unpaired) electrons. The molecule has 0 saturated heterocycles. The van der Waals surface area contributed by atoms with Crippen LogP contribution < -0.4 is 0 Å². The van der Waals surface area contributed by atoms with Crippen molar-refractivity contribution in [1.82, 2.24) is 9.47 Å². The van der Waals surface area contributed by atoms with Crippen molar-refractivity contribution in [1.29, 1.82) is 0 Å². The van der Waals surface area contributed by atoms with Crippen LogP contribution in [0.3, 0.4) is 0 Å². The smallest absolute Gasteiger partial charge is 0.163 e. The molecule has 0 saturated carbocycles. The van der Waals surface area contributed by atoms with Crippen LogP contribution in [-0.4, -0.2) is 34.1 Å². The van der Waals surface area contributed by atoms with E-state index in [9.17, 15) is 9.90 Å². The van der Waals surface area contributed by atoms with E-state index in [1.54, 1.807) is 11.9 Å². The predicted octanol–water partition coefficient (Wildman–Crippen LogP) is 1.13. The van der Waals surface area contributed by atoms with Crippen molar-refractivity contribution < 1.29 is 9.90 Å². The number of hydrogen-bond donors (Lipinski definition) is 1. The molecule has 1 aromatic carbocycles. The number of aldehydes is 1. The predicted molar refractivity (Wildman–Crippen MR) is 66.5 cm³/mol. The van der Waals surface area contributed by atoms with Gasteiger partial charge in [0.05, 0.1) is 0 Å². The first-order valence-electron chi connectivity index (χ1n) is 5.50. The Hall–Kier alpha value is -1.65. The summed E-state index contributed by atoms with van der Waals surface area (Å²) in [6.07, 6.45) is 1.51. The number of nitrogens with zero attached hydrogens (tertiary/aromatic N) is 2. The second kappa shape index (κ2) is 4.69. The van der Waals surface area contributed by atoms with Gasteiger partial charge in [-0.1, -0.05) is 18.2 Å². The number of benzene rings is 1. The van der Waals surface area contributed by atoms with Gasteiger partial charge in [0.25, 0.3) is 0 Å². The van der Waals surface area contributed by atoms with E-state index in [1.807, 2.05) is 36.0 Å². The Morgan fingerprint density at radius 2 is 2.18 bits per heavy atom. The van der Waals surface area contributed by atoms with Gasteiger partial charge in [-0.15, -0.1) is 0 Å². The van der Waals surface area contributed by atoms with Gasteiger partial charge in [-0.3, -0.25) is 9.69 Å². The fourth-order valence-corrected chi connectivity index (χ4v) is 2.02. The lowest BCUT2D eigenvalue weighted by Gasteiger charge is -2.18. The van der Waals surface area contributed by atoms with Crippen LogP contribution in [0.15, 0.2) is 30.5 Å². The highest BCUT2D eigenvalue weighted by atomic mass is 16.3. The molecule has 0 amide bonds. The number of para-hydroxylation sites is 1. The molecule has 0 spiro atoms. The minimum Gasteiger partial charge on any atom is -0.371 e. The molecule has 0 aliphatic carbocycles. The van der Waals surface area contributed by atoms with E-state index in [0.29, 0.717) is 12.8 Å². The number of likely N-dealkylation sites (N-methyl/N-ethyl adjacent to an activating group) is 1. The van der Waals surface area contributed by atoms with Gasteiger partial charge >= 0.3 is 0 Å².